The van der Waals surface area contributed by atoms with Crippen LogP contribution in [0.5, 0.6) is 0 Å². The predicted molar refractivity (Wildman–Crippen MR) is 121 cm³/mol. The van der Waals surface area contributed by atoms with Gasteiger partial charge in [0.15, 0.2) is 5.16 Å². The van der Waals surface area contributed by atoms with Crippen LogP contribution in [0.3, 0.4) is 0 Å². The average Bonchev–Trinajstić information content (AvgIpc) is 3.15. The number of hydrogen-bond acceptors (Lipinski definition) is 4. The van der Waals surface area contributed by atoms with Gasteiger partial charge < -0.3 is 10.6 Å². The summed E-state index contributed by atoms with van der Waals surface area (Å²) in [5.41, 5.74) is 6.12. The minimum absolute atomic E-state index is 0.0708. The van der Waals surface area contributed by atoms with Crippen LogP contribution in [-0.4, -0.2) is 33.7 Å². The Morgan fingerprint density at radius 2 is 1.67 bits per heavy atom. The maximum absolute atomic E-state index is 12.2. The SMILES string of the molecule is Cc1cc(C)cc(-n2ccnc2SCC(=O)NCC(=O)Nc2c(C)cccc2C)c1. The highest BCUT2D eigenvalue weighted by atomic mass is 32.2. The number of anilines is 1. The Morgan fingerprint density at radius 3 is 2.33 bits per heavy atom. The van der Waals surface area contributed by atoms with Gasteiger partial charge >= 0.3 is 0 Å². The molecule has 0 aliphatic heterocycles. The summed E-state index contributed by atoms with van der Waals surface area (Å²) < 4.78 is 1.96. The summed E-state index contributed by atoms with van der Waals surface area (Å²) in [6.07, 6.45) is 3.60. The molecule has 30 heavy (non-hydrogen) atoms. The molecule has 0 aliphatic carbocycles. The smallest absolute Gasteiger partial charge is 0.243 e. The van der Waals surface area contributed by atoms with Crippen LogP contribution in [-0.2, 0) is 9.59 Å². The van der Waals surface area contributed by atoms with E-state index in [-0.39, 0.29) is 24.1 Å². The van der Waals surface area contributed by atoms with Gasteiger partial charge in [0.05, 0.1) is 12.3 Å². The third-order valence-corrected chi connectivity index (χ3v) is 5.58. The van der Waals surface area contributed by atoms with Crippen LogP contribution in [0.1, 0.15) is 22.3 Å². The molecule has 2 N–H and O–H groups in total. The minimum Gasteiger partial charge on any atom is -0.346 e. The molecule has 3 aromatic rings. The van der Waals surface area contributed by atoms with E-state index in [0.29, 0.717) is 0 Å². The first-order chi connectivity index (χ1) is 14.3. The second-order valence-electron chi connectivity index (χ2n) is 7.31. The van der Waals surface area contributed by atoms with Gasteiger partial charge in [-0.3, -0.25) is 14.2 Å². The minimum atomic E-state index is -0.248. The summed E-state index contributed by atoms with van der Waals surface area (Å²) in [5, 5.41) is 6.27. The maximum Gasteiger partial charge on any atom is 0.243 e. The number of aryl methyl sites for hydroxylation is 4. The number of carbonyl (C=O) groups excluding carboxylic acids is 2. The highest BCUT2D eigenvalue weighted by Gasteiger charge is 2.12. The second-order valence-corrected chi connectivity index (χ2v) is 8.25. The van der Waals surface area contributed by atoms with E-state index in [9.17, 15) is 9.59 Å². The molecule has 0 spiro atoms. The van der Waals surface area contributed by atoms with Gasteiger partial charge in [-0.1, -0.05) is 36.0 Å². The summed E-state index contributed by atoms with van der Waals surface area (Å²) in [4.78, 5) is 28.8. The fourth-order valence-corrected chi connectivity index (χ4v) is 4.04. The molecule has 6 nitrogen and oxygen atoms in total. The molecular weight excluding hydrogens is 396 g/mol. The largest absolute Gasteiger partial charge is 0.346 e. The number of amides is 2. The van der Waals surface area contributed by atoms with Crippen LogP contribution in [0.25, 0.3) is 5.69 Å². The quantitative estimate of drug-likeness (QED) is 0.565. The molecule has 0 radical (unpaired) electrons. The number of carbonyl (C=O) groups is 2. The van der Waals surface area contributed by atoms with Crippen molar-refractivity contribution in [2.24, 2.45) is 0 Å². The summed E-state index contributed by atoms with van der Waals surface area (Å²) in [6.45, 7) is 7.92. The molecule has 2 amide bonds. The van der Waals surface area contributed by atoms with Gasteiger partial charge in [-0.25, -0.2) is 4.98 Å². The number of nitrogens with one attached hydrogen (secondary N) is 2. The number of benzene rings is 2. The van der Waals surface area contributed by atoms with Gasteiger partial charge in [0.25, 0.3) is 0 Å². The Balaban J connectivity index is 1.53. The summed E-state index contributed by atoms with van der Waals surface area (Å²) in [6, 6.07) is 12.1. The van der Waals surface area contributed by atoms with Crippen molar-refractivity contribution in [3.05, 3.63) is 71.0 Å². The van der Waals surface area contributed by atoms with Crippen LogP contribution in [0.15, 0.2) is 53.9 Å². The van der Waals surface area contributed by atoms with Gasteiger partial charge in [0.2, 0.25) is 11.8 Å². The number of aromatic nitrogens is 2. The first-order valence-electron chi connectivity index (χ1n) is 9.71. The molecule has 1 heterocycles. The van der Waals surface area contributed by atoms with E-state index in [4.69, 9.17) is 0 Å². The molecule has 0 fully saturated rings. The molecule has 0 aliphatic rings. The van der Waals surface area contributed by atoms with Crippen molar-refractivity contribution >= 4 is 29.3 Å². The zero-order valence-electron chi connectivity index (χ0n) is 17.7. The highest BCUT2D eigenvalue weighted by molar-refractivity contribution is 7.99. The number of imidazole rings is 1. The lowest BCUT2D eigenvalue weighted by Crippen LogP contribution is -2.34. The number of para-hydroxylation sites is 1. The molecule has 7 heteroatoms. The molecule has 0 saturated heterocycles. The summed E-state index contributed by atoms with van der Waals surface area (Å²) >= 11 is 1.34. The van der Waals surface area contributed by atoms with Crippen LogP contribution < -0.4 is 10.6 Å². The topological polar surface area (TPSA) is 76.0 Å². The van der Waals surface area contributed by atoms with Gasteiger partial charge in [-0.05, 0) is 62.1 Å². The Hall–Kier alpha value is -3.06. The van der Waals surface area contributed by atoms with Crippen LogP contribution in [0.4, 0.5) is 5.69 Å². The fourth-order valence-electron chi connectivity index (χ4n) is 3.24. The molecule has 0 bridgehead atoms. The summed E-state index contributed by atoms with van der Waals surface area (Å²) in [5.74, 6) is -0.285. The second kappa shape index (κ2) is 9.63. The van der Waals surface area contributed by atoms with Crippen molar-refractivity contribution in [2.45, 2.75) is 32.9 Å². The van der Waals surface area contributed by atoms with Crippen molar-refractivity contribution in [1.82, 2.24) is 14.9 Å². The molecule has 3 rings (SSSR count). The van der Waals surface area contributed by atoms with Crippen molar-refractivity contribution < 1.29 is 9.59 Å². The van der Waals surface area contributed by atoms with Crippen LogP contribution >= 0.6 is 11.8 Å². The first-order valence-corrected chi connectivity index (χ1v) is 10.7. The molecular formula is C23H26N4O2S. The lowest BCUT2D eigenvalue weighted by Gasteiger charge is -2.12. The van der Waals surface area contributed by atoms with Crippen LogP contribution in [0, 0.1) is 27.7 Å². The lowest BCUT2D eigenvalue weighted by atomic mass is 10.1. The third-order valence-electron chi connectivity index (χ3n) is 4.62. The Bertz CT molecular complexity index is 1030. The third kappa shape index (κ3) is 5.51. The molecule has 0 atom stereocenters. The van der Waals surface area contributed by atoms with E-state index in [2.05, 4.69) is 47.7 Å². The Kier molecular flexibility index (Phi) is 6.95. The Labute approximate surface area is 181 Å². The average molecular weight is 423 g/mol. The monoisotopic (exact) mass is 422 g/mol. The first kappa shape index (κ1) is 21.6. The zero-order chi connectivity index (χ0) is 21.7. The Morgan fingerprint density at radius 1 is 1.00 bits per heavy atom. The van der Waals surface area contributed by atoms with Gasteiger partial charge in [0.1, 0.15) is 0 Å². The standard InChI is InChI=1S/C23H26N4O2S/c1-15-10-16(2)12-19(11-15)27-9-8-24-23(27)30-14-21(29)25-13-20(28)26-22-17(3)6-5-7-18(22)4/h5-12H,13-14H2,1-4H3,(H,25,29)(H,26,28). The van der Waals surface area contributed by atoms with Gasteiger partial charge in [-0.15, -0.1) is 0 Å². The van der Waals surface area contributed by atoms with E-state index < -0.39 is 0 Å². The van der Waals surface area contributed by atoms with Crippen molar-refractivity contribution in [3.8, 4) is 5.69 Å². The van der Waals surface area contributed by atoms with Crippen LogP contribution in [0.2, 0.25) is 0 Å². The van der Waals surface area contributed by atoms with Gasteiger partial charge in [0, 0.05) is 23.8 Å². The molecule has 2 aromatic carbocycles. The van der Waals surface area contributed by atoms with Crippen molar-refractivity contribution in [2.75, 3.05) is 17.6 Å². The normalized spacial score (nSPS) is 10.7. The molecule has 156 valence electrons. The number of thioether (sulfide) groups is 1. The van der Waals surface area contributed by atoms with E-state index in [1.807, 2.05) is 42.8 Å². The predicted octanol–water partition coefficient (Wildman–Crippen LogP) is 3.95. The number of nitrogens with zero attached hydrogens (tertiary/aromatic N) is 2. The van der Waals surface area contributed by atoms with Crippen molar-refractivity contribution in [1.29, 1.82) is 0 Å². The molecule has 1 aromatic heterocycles. The number of rotatable bonds is 7. The van der Waals surface area contributed by atoms with E-state index >= 15 is 0 Å². The lowest BCUT2D eigenvalue weighted by molar-refractivity contribution is -0.122. The fraction of sp³-hybridized carbons (Fsp3) is 0.261. The zero-order valence-corrected chi connectivity index (χ0v) is 18.5. The highest BCUT2D eigenvalue weighted by Crippen LogP contribution is 2.22. The van der Waals surface area contributed by atoms with E-state index in [0.717, 1.165) is 27.7 Å². The maximum atomic E-state index is 12.2. The van der Waals surface area contributed by atoms with E-state index in [1.54, 1.807) is 6.20 Å². The van der Waals surface area contributed by atoms with Crippen molar-refractivity contribution in [3.63, 3.8) is 0 Å². The summed E-state index contributed by atoms with van der Waals surface area (Å²) in [7, 11) is 0. The van der Waals surface area contributed by atoms with Gasteiger partial charge in [-0.2, -0.15) is 0 Å². The number of hydrogen-bond donors (Lipinski definition) is 2. The molecule has 0 unspecified atom stereocenters. The molecule has 0 saturated carbocycles. The van der Waals surface area contributed by atoms with E-state index in [1.165, 1.54) is 22.9 Å².